The molecule has 0 spiro atoms. The van der Waals surface area contributed by atoms with Crippen LogP contribution >= 0.6 is 0 Å². The third-order valence-corrected chi connectivity index (χ3v) is 3.57. The highest BCUT2D eigenvalue weighted by Gasteiger charge is 2.21. The molecule has 1 aromatic heterocycles. The Bertz CT molecular complexity index is 777. The normalized spacial score (nSPS) is 12.4. The lowest BCUT2D eigenvalue weighted by atomic mass is 9.96. The zero-order valence-corrected chi connectivity index (χ0v) is 11.6. The van der Waals surface area contributed by atoms with Gasteiger partial charge in [0.2, 0.25) is 5.89 Å². The van der Waals surface area contributed by atoms with Crippen molar-refractivity contribution in [2.75, 3.05) is 0 Å². The quantitative estimate of drug-likeness (QED) is 0.783. The summed E-state index contributed by atoms with van der Waals surface area (Å²) in [4.78, 5) is 15.7. The molecule has 3 rings (SSSR count). The highest BCUT2D eigenvalue weighted by Crippen LogP contribution is 2.30. The molecule has 1 atom stereocenters. The lowest BCUT2D eigenvalue weighted by Gasteiger charge is -2.10. The Hall–Kier alpha value is -2.62. The first kappa shape index (κ1) is 13.4. The number of hydrogen-bond acceptors (Lipinski definition) is 3. The maximum Gasteiger partial charge on any atom is 0.338 e. The Morgan fingerprint density at radius 1 is 1.19 bits per heavy atom. The van der Waals surface area contributed by atoms with Gasteiger partial charge in [-0.25, -0.2) is 9.78 Å². The number of carboxylic acids is 1. The molecule has 0 aliphatic carbocycles. The second-order valence-electron chi connectivity index (χ2n) is 4.88. The first-order valence-corrected chi connectivity index (χ1v) is 6.88. The zero-order valence-electron chi connectivity index (χ0n) is 11.6. The molecular weight excluding hydrogens is 266 g/mol. The topological polar surface area (TPSA) is 63.3 Å². The number of carboxylic acid groups (broad SMARTS) is 1. The lowest BCUT2D eigenvalue weighted by Crippen LogP contribution is -2.00. The molecular formula is C17H15NO3. The van der Waals surface area contributed by atoms with Gasteiger partial charge in [-0.05, 0) is 24.1 Å². The van der Waals surface area contributed by atoms with Crippen molar-refractivity contribution in [3.63, 3.8) is 0 Å². The predicted octanol–water partition coefficient (Wildman–Crippen LogP) is 4.07. The molecule has 0 fully saturated rings. The monoisotopic (exact) mass is 281 g/mol. The molecule has 106 valence electrons. The van der Waals surface area contributed by atoms with Crippen LogP contribution in [0.15, 0.2) is 52.9 Å². The minimum atomic E-state index is -0.992. The average molecular weight is 281 g/mol. The Morgan fingerprint density at radius 3 is 2.62 bits per heavy atom. The molecule has 0 amide bonds. The number of para-hydroxylation sites is 1. The summed E-state index contributed by atoms with van der Waals surface area (Å²) in [5, 5.41) is 9.22. The number of aromatic carboxylic acids is 1. The molecule has 0 aliphatic heterocycles. The molecule has 4 nitrogen and oxygen atoms in total. The fourth-order valence-corrected chi connectivity index (χ4v) is 2.53. The summed E-state index contributed by atoms with van der Waals surface area (Å²) in [6, 6.07) is 14.9. The molecule has 0 saturated heterocycles. The van der Waals surface area contributed by atoms with Gasteiger partial charge in [0.25, 0.3) is 0 Å². The van der Waals surface area contributed by atoms with Gasteiger partial charge in [-0.3, -0.25) is 0 Å². The van der Waals surface area contributed by atoms with Crippen molar-refractivity contribution in [1.82, 2.24) is 4.98 Å². The third-order valence-electron chi connectivity index (χ3n) is 3.57. The molecule has 1 heterocycles. The molecule has 4 heteroatoms. The van der Waals surface area contributed by atoms with E-state index in [1.165, 1.54) is 0 Å². The van der Waals surface area contributed by atoms with Crippen LogP contribution < -0.4 is 0 Å². The third kappa shape index (κ3) is 2.40. The van der Waals surface area contributed by atoms with Crippen molar-refractivity contribution in [2.45, 2.75) is 19.3 Å². The van der Waals surface area contributed by atoms with Gasteiger partial charge in [0.05, 0.1) is 11.5 Å². The van der Waals surface area contributed by atoms with Gasteiger partial charge in [0, 0.05) is 0 Å². The van der Waals surface area contributed by atoms with Gasteiger partial charge in [-0.1, -0.05) is 43.3 Å². The minimum Gasteiger partial charge on any atom is -0.478 e. The van der Waals surface area contributed by atoms with E-state index < -0.39 is 5.97 Å². The summed E-state index contributed by atoms with van der Waals surface area (Å²) in [5.74, 6) is -0.402. The number of carbonyl (C=O) groups is 1. The number of rotatable bonds is 4. The van der Waals surface area contributed by atoms with Gasteiger partial charge in [-0.15, -0.1) is 0 Å². The van der Waals surface area contributed by atoms with Crippen LogP contribution in [0.3, 0.4) is 0 Å². The van der Waals surface area contributed by atoms with Gasteiger partial charge in [0.1, 0.15) is 5.52 Å². The van der Waals surface area contributed by atoms with Gasteiger partial charge in [0.15, 0.2) is 5.58 Å². The van der Waals surface area contributed by atoms with Crippen molar-refractivity contribution in [3.05, 3.63) is 65.5 Å². The molecule has 0 radical (unpaired) electrons. The first-order valence-electron chi connectivity index (χ1n) is 6.88. The molecule has 1 unspecified atom stereocenters. The largest absolute Gasteiger partial charge is 0.478 e. The maximum atomic E-state index is 11.3. The van der Waals surface area contributed by atoms with E-state index in [-0.39, 0.29) is 11.5 Å². The Balaban J connectivity index is 2.12. The molecule has 2 aromatic carbocycles. The van der Waals surface area contributed by atoms with Crippen LogP contribution in [0.2, 0.25) is 0 Å². The highest BCUT2D eigenvalue weighted by molar-refractivity contribution is 6.00. The fourth-order valence-electron chi connectivity index (χ4n) is 2.53. The summed E-state index contributed by atoms with van der Waals surface area (Å²) in [6.45, 7) is 2.06. The van der Waals surface area contributed by atoms with Crippen LogP contribution in [-0.2, 0) is 0 Å². The second-order valence-corrected chi connectivity index (χ2v) is 4.88. The van der Waals surface area contributed by atoms with Crippen molar-refractivity contribution in [1.29, 1.82) is 0 Å². The standard InChI is InChI=1S/C17H15NO3/c1-2-12(11-7-4-3-5-8-11)16-18-15-13(17(19)20)9-6-10-14(15)21-16/h3-10,12H,2H2,1H3,(H,19,20). The van der Waals surface area contributed by atoms with E-state index in [0.29, 0.717) is 17.0 Å². The Kier molecular flexibility index (Phi) is 3.44. The van der Waals surface area contributed by atoms with Crippen LogP contribution in [0.4, 0.5) is 0 Å². The van der Waals surface area contributed by atoms with Gasteiger partial charge >= 0.3 is 5.97 Å². The molecule has 0 aliphatic rings. The minimum absolute atomic E-state index is 0.0280. The summed E-state index contributed by atoms with van der Waals surface area (Å²) in [5.41, 5.74) is 2.21. The number of hydrogen-bond donors (Lipinski definition) is 1. The van der Waals surface area contributed by atoms with Crippen molar-refractivity contribution in [3.8, 4) is 0 Å². The summed E-state index contributed by atoms with van der Waals surface area (Å²) >= 11 is 0. The van der Waals surface area contributed by atoms with Crippen LogP contribution in [0.1, 0.15) is 41.1 Å². The average Bonchev–Trinajstić information content (AvgIpc) is 2.92. The van der Waals surface area contributed by atoms with Crippen molar-refractivity contribution in [2.24, 2.45) is 0 Å². The lowest BCUT2D eigenvalue weighted by molar-refractivity contribution is 0.0699. The number of aromatic nitrogens is 1. The van der Waals surface area contributed by atoms with Crippen LogP contribution in [0, 0.1) is 0 Å². The van der Waals surface area contributed by atoms with Crippen LogP contribution in [-0.4, -0.2) is 16.1 Å². The van der Waals surface area contributed by atoms with E-state index in [1.807, 2.05) is 30.3 Å². The van der Waals surface area contributed by atoms with E-state index in [2.05, 4.69) is 11.9 Å². The Morgan fingerprint density at radius 2 is 1.95 bits per heavy atom. The number of oxazole rings is 1. The van der Waals surface area contributed by atoms with Crippen LogP contribution in [0.25, 0.3) is 11.1 Å². The number of fused-ring (bicyclic) bond motifs is 1. The van der Waals surface area contributed by atoms with E-state index in [1.54, 1.807) is 18.2 Å². The molecule has 21 heavy (non-hydrogen) atoms. The summed E-state index contributed by atoms with van der Waals surface area (Å²) in [6.07, 6.45) is 0.833. The fraction of sp³-hybridized carbons (Fsp3) is 0.176. The van der Waals surface area contributed by atoms with Crippen molar-refractivity contribution >= 4 is 17.1 Å². The van der Waals surface area contributed by atoms with E-state index in [4.69, 9.17) is 4.42 Å². The maximum absolute atomic E-state index is 11.3. The summed E-state index contributed by atoms with van der Waals surface area (Å²) in [7, 11) is 0. The molecule has 0 bridgehead atoms. The first-order chi connectivity index (χ1) is 10.2. The smallest absolute Gasteiger partial charge is 0.338 e. The van der Waals surface area contributed by atoms with E-state index in [0.717, 1.165) is 12.0 Å². The highest BCUT2D eigenvalue weighted by atomic mass is 16.4. The molecule has 0 saturated carbocycles. The van der Waals surface area contributed by atoms with Crippen molar-refractivity contribution < 1.29 is 14.3 Å². The number of nitrogens with zero attached hydrogens (tertiary/aromatic N) is 1. The molecule has 1 N–H and O–H groups in total. The zero-order chi connectivity index (χ0) is 14.8. The predicted molar refractivity (Wildman–Crippen MR) is 79.5 cm³/mol. The SMILES string of the molecule is CCC(c1ccccc1)c1nc2c(C(=O)O)cccc2o1. The number of benzene rings is 2. The van der Waals surface area contributed by atoms with Gasteiger partial charge < -0.3 is 9.52 Å². The Labute approximate surface area is 122 Å². The molecule has 3 aromatic rings. The van der Waals surface area contributed by atoms with Gasteiger partial charge in [-0.2, -0.15) is 0 Å². The van der Waals surface area contributed by atoms with E-state index in [9.17, 15) is 9.90 Å². The van der Waals surface area contributed by atoms with Crippen LogP contribution in [0.5, 0.6) is 0 Å². The summed E-state index contributed by atoms with van der Waals surface area (Å²) < 4.78 is 5.79. The van der Waals surface area contributed by atoms with E-state index >= 15 is 0 Å². The second kappa shape index (κ2) is 5.40.